The molecule has 2 rings (SSSR count). The maximum Gasteiger partial charge on any atom is 0.343 e. The Hall–Kier alpha value is -2.62. The van der Waals surface area contributed by atoms with Crippen molar-refractivity contribution in [2.24, 2.45) is 5.92 Å². The molecule has 240 valence electrons. The average molecular weight is 593 g/mol. The van der Waals surface area contributed by atoms with Crippen LogP contribution in [-0.2, 0) is 11.2 Å². The molecule has 2 aromatic rings. The van der Waals surface area contributed by atoms with Crippen molar-refractivity contribution in [3.8, 4) is 5.75 Å². The Morgan fingerprint density at radius 3 is 1.44 bits per heavy atom. The van der Waals surface area contributed by atoms with Crippen molar-refractivity contribution in [2.45, 2.75) is 149 Å². The fraction of sp³-hybridized carbons (Fsp3) is 0.641. The van der Waals surface area contributed by atoms with Crippen molar-refractivity contribution in [1.29, 1.82) is 0 Å². The predicted molar refractivity (Wildman–Crippen MR) is 180 cm³/mol. The minimum absolute atomic E-state index is 0.333. The van der Waals surface area contributed by atoms with Gasteiger partial charge in [0.15, 0.2) is 0 Å². The van der Waals surface area contributed by atoms with E-state index in [1.54, 1.807) is 24.3 Å². The molecule has 0 bridgehead atoms. The van der Waals surface area contributed by atoms with Gasteiger partial charge < -0.3 is 9.47 Å². The van der Waals surface area contributed by atoms with Crippen LogP contribution >= 0.6 is 0 Å². The Bertz CT molecular complexity index is 979. The Labute approximate surface area is 263 Å². The van der Waals surface area contributed by atoms with Gasteiger partial charge in [0.25, 0.3) is 0 Å². The highest BCUT2D eigenvalue weighted by Crippen LogP contribution is 2.18. The molecular weight excluding hydrogens is 532 g/mol. The smallest absolute Gasteiger partial charge is 0.343 e. The zero-order valence-electron chi connectivity index (χ0n) is 27.7. The normalized spacial score (nSPS) is 11.8. The summed E-state index contributed by atoms with van der Waals surface area (Å²) in [7, 11) is 0. The molecule has 0 aromatic heterocycles. The number of hydrogen-bond donors (Lipinski definition) is 0. The molecule has 0 heterocycles. The Kier molecular flexibility index (Phi) is 20.2. The summed E-state index contributed by atoms with van der Waals surface area (Å²) in [6, 6.07) is 14.3. The molecule has 0 amide bonds. The van der Waals surface area contributed by atoms with Gasteiger partial charge in [-0.3, -0.25) is 0 Å². The molecule has 0 aliphatic rings. The highest BCUT2D eigenvalue weighted by molar-refractivity contribution is 5.92. The molecule has 1 unspecified atom stereocenters. The summed E-state index contributed by atoms with van der Waals surface area (Å²) in [4.78, 5) is 24.7. The summed E-state index contributed by atoms with van der Waals surface area (Å²) < 4.78 is 10.8. The third-order valence-corrected chi connectivity index (χ3v) is 8.51. The van der Waals surface area contributed by atoms with Crippen molar-refractivity contribution in [3.63, 3.8) is 0 Å². The van der Waals surface area contributed by atoms with E-state index >= 15 is 0 Å². The number of esters is 2. The topological polar surface area (TPSA) is 52.6 Å². The monoisotopic (exact) mass is 592 g/mol. The Morgan fingerprint density at radius 1 is 0.558 bits per heavy atom. The van der Waals surface area contributed by atoms with E-state index in [0.29, 0.717) is 29.4 Å². The van der Waals surface area contributed by atoms with Gasteiger partial charge in [-0.05, 0) is 60.7 Å². The van der Waals surface area contributed by atoms with E-state index in [1.165, 1.54) is 121 Å². The molecule has 43 heavy (non-hydrogen) atoms. The van der Waals surface area contributed by atoms with Gasteiger partial charge in [-0.2, -0.15) is 0 Å². The molecule has 0 radical (unpaired) electrons. The van der Waals surface area contributed by atoms with Gasteiger partial charge in [0, 0.05) is 0 Å². The number of carbonyl (C=O) groups is 2. The van der Waals surface area contributed by atoms with Crippen LogP contribution in [-0.4, -0.2) is 18.5 Å². The van der Waals surface area contributed by atoms with E-state index in [2.05, 4.69) is 13.8 Å². The standard InChI is InChI=1S/C39H60O4/c1-4-6-7-8-9-10-11-12-13-14-15-16-17-18-19-20-21-22-23-34-24-26-36(27-25-34)39(41)43-37-30-28-35(29-31-37)38(40)42-32-33(3)5-2/h24-31,33H,4-23,32H2,1-3H3. The molecule has 0 saturated heterocycles. The van der Waals surface area contributed by atoms with E-state index in [0.717, 1.165) is 12.8 Å². The van der Waals surface area contributed by atoms with E-state index < -0.39 is 5.97 Å². The SMILES string of the molecule is CCCCCCCCCCCCCCCCCCCCc1ccc(C(=O)Oc2ccc(C(=O)OCC(C)CC)cc2)cc1. The van der Waals surface area contributed by atoms with Gasteiger partial charge in [-0.25, -0.2) is 9.59 Å². The first-order valence-corrected chi connectivity index (χ1v) is 17.6. The number of rotatable bonds is 25. The highest BCUT2D eigenvalue weighted by atomic mass is 16.5. The van der Waals surface area contributed by atoms with Crippen LogP contribution in [0.2, 0.25) is 0 Å². The first-order chi connectivity index (χ1) is 21.0. The van der Waals surface area contributed by atoms with Crippen molar-refractivity contribution < 1.29 is 19.1 Å². The number of unbranched alkanes of at least 4 members (excludes halogenated alkanes) is 17. The molecule has 0 spiro atoms. The molecule has 0 fully saturated rings. The quantitative estimate of drug-likeness (QED) is 0.0653. The molecule has 0 N–H and O–H groups in total. The number of ether oxygens (including phenoxy) is 2. The summed E-state index contributed by atoms with van der Waals surface area (Å²) in [6.07, 6.45) is 27.0. The number of benzene rings is 2. The molecule has 1 atom stereocenters. The predicted octanol–water partition coefficient (Wildman–Crippen LogP) is 11.7. The third kappa shape index (κ3) is 17.3. The van der Waals surface area contributed by atoms with E-state index in [1.807, 2.05) is 31.2 Å². The van der Waals surface area contributed by atoms with Crippen LogP contribution in [0.15, 0.2) is 48.5 Å². The molecule has 2 aromatic carbocycles. The summed E-state index contributed by atoms with van der Waals surface area (Å²) >= 11 is 0. The van der Waals surface area contributed by atoms with Crippen LogP contribution in [0, 0.1) is 5.92 Å². The first-order valence-electron chi connectivity index (χ1n) is 17.6. The zero-order valence-corrected chi connectivity index (χ0v) is 27.7. The second-order valence-electron chi connectivity index (χ2n) is 12.5. The van der Waals surface area contributed by atoms with E-state index in [-0.39, 0.29) is 5.97 Å². The third-order valence-electron chi connectivity index (χ3n) is 8.51. The fourth-order valence-electron chi connectivity index (χ4n) is 5.28. The average Bonchev–Trinajstić information content (AvgIpc) is 3.03. The molecular formula is C39H60O4. The minimum Gasteiger partial charge on any atom is -0.462 e. The zero-order chi connectivity index (χ0) is 31.0. The van der Waals surface area contributed by atoms with Crippen LogP contribution in [0.1, 0.15) is 169 Å². The molecule has 4 nitrogen and oxygen atoms in total. The van der Waals surface area contributed by atoms with Crippen molar-refractivity contribution in [2.75, 3.05) is 6.61 Å². The maximum absolute atomic E-state index is 12.6. The van der Waals surface area contributed by atoms with Crippen LogP contribution in [0.3, 0.4) is 0 Å². The first kappa shape index (κ1) is 36.6. The van der Waals surface area contributed by atoms with Crippen molar-refractivity contribution in [1.82, 2.24) is 0 Å². The Morgan fingerprint density at radius 2 is 0.977 bits per heavy atom. The second kappa shape index (κ2) is 23.8. The van der Waals surface area contributed by atoms with Crippen LogP contribution in [0.5, 0.6) is 5.75 Å². The largest absolute Gasteiger partial charge is 0.462 e. The molecule has 0 aliphatic heterocycles. The van der Waals surface area contributed by atoms with E-state index in [9.17, 15) is 9.59 Å². The lowest BCUT2D eigenvalue weighted by molar-refractivity contribution is 0.0447. The van der Waals surface area contributed by atoms with Crippen LogP contribution < -0.4 is 4.74 Å². The van der Waals surface area contributed by atoms with Gasteiger partial charge in [-0.1, -0.05) is 148 Å². The number of carbonyl (C=O) groups excluding carboxylic acids is 2. The lowest BCUT2D eigenvalue weighted by atomic mass is 10.0. The maximum atomic E-state index is 12.6. The number of aryl methyl sites for hydroxylation is 1. The summed E-state index contributed by atoms with van der Waals surface area (Å²) in [5.74, 6) is -0.0130. The highest BCUT2D eigenvalue weighted by Gasteiger charge is 2.12. The van der Waals surface area contributed by atoms with Gasteiger partial charge in [0.05, 0.1) is 17.7 Å². The van der Waals surface area contributed by atoms with Crippen molar-refractivity contribution >= 4 is 11.9 Å². The van der Waals surface area contributed by atoms with Crippen molar-refractivity contribution in [3.05, 3.63) is 65.2 Å². The van der Waals surface area contributed by atoms with Crippen LogP contribution in [0.25, 0.3) is 0 Å². The van der Waals surface area contributed by atoms with Gasteiger partial charge in [0.1, 0.15) is 5.75 Å². The molecule has 4 heteroatoms. The summed E-state index contributed by atoms with van der Waals surface area (Å²) in [5, 5.41) is 0. The fourth-order valence-corrected chi connectivity index (χ4v) is 5.28. The van der Waals surface area contributed by atoms with E-state index in [4.69, 9.17) is 9.47 Å². The second-order valence-corrected chi connectivity index (χ2v) is 12.5. The van der Waals surface area contributed by atoms with Gasteiger partial charge in [0.2, 0.25) is 0 Å². The molecule has 0 aliphatic carbocycles. The number of hydrogen-bond acceptors (Lipinski definition) is 4. The van der Waals surface area contributed by atoms with Gasteiger partial charge in [-0.15, -0.1) is 0 Å². The molecule has 0 saturated carbocycles. The summed E-state index contributed by atoms with van der Waals surface area (Å²) in [5.41, 5.74) is 2.24. The lowest BCUT2D eigenvalue weighted by Gasteiger charge is -2.10. The van der Waals surface area contributed by atoms with Gasteiger partial charge >= 0.3 is 11.9 Å². The summed E-state index contributed by atoms with van der Waals surface area (Å²) in [6.45, 7) is 6.80. The van der Waals surface area contributed by atoms with Crippen LogP contribution in [0.4, 0.5) is 0 Å². The minimum atomic E-state index is -0.396. The lowest BCUT2D eigenvalue weighted by Crippen LogP contribution is -2.12. The Balaban J connectivity index is 1.48.